The lowest BCUT2D eigenvalue weighted by Crippen LogP contribution is -2.51. The van der Waals surface area contributed by atoms with Crippen molar-refractivity contribution in [3.63, 3.8) is 0 Å². The van der Waals surface area contributed by atoms with Crippen LogP contribution in [0.1, 0.15) is 25.0 Å². The van der Waals surface area contributed by atoms with Crippen molar-refractivity contribution < 1.29 is 9.47 Å². The Morgan fingerprint density at radius 3 is 2.26 bits per heavy atom. The van der Waals surface area contributed by atoms with Crippen LogP contribution in [0.2, 0.25) is 5.02 Å². The van der Waals surface area contributed by atoms with Gasteiger partial charge in [0.2, 0.25) is 0 Å². The van der Waals surface area contributed by atoms with Gasteiger partial charge in [-0.3, -0.25) is 4.90 Å². The maximum atomic E-state index is 5.98. The van der Waals surface area contributed by atoms with Gasteiger partial charge in [0.05, 0.1) is 13.2 Å². The van der Waals surface area contributed by atoms with Gasteiger partial charge in [-0.15, -0.1) is 0 Å². The van der Waals surface area contributed by atoms with E-state index in [0.717, 1.165) is 67.3 Å². The van der Waals surface area contributed by atoms with E-state index in [2.05, 4.69) is 39.4 Å². The lowest BCUT2D eigenvalue weighted by Gasteiger charge is -2.36. The first-order valence-corrected chi connectivity index (χ1v) is 11.8. The molecule has 0 amide bonds. The molecule has 1 fully saturated rings. The fourth-order valence-corrected chi connectivity index (χ4v) is 4.04. The Balaban J connectivity index is 1.41. The van der Waals surface area contributed by atoms with Crippen molar-refractivity contribution >= 4 is 28.9 Å². The average Bonchev–Trinajstić information content (AvgIpc) is 2.78. The molecule has 1 heterocycles. The molecule has 2 aromatic carbocycles. The number of nitrogens with zero attached hydrogens (tertiary/aromatic N) is 2. The first kappa shape index (κ1) is 23.6. The first-order valence-electron chi connectivity index (χ1n) is 11.0. The Bertz CT molecular complexity index is 839. The highest BCUT2D eigenvalue weighted by Gasteiger charge is 2.18. The van der Waals surface area contributed by atoms with Crippen LogP contribution in [0.15, 0.2) is 42.5 Å². The molecule has 31 heavy (non-hydrogen) atoms. The third kappa shape index (κ3) is 7.27. The van der Waals surface area contributed by atoms with Crippen LogP contribution in [0, 0.1) is 0 Å². The fraction of sp³-hybridized carbons (Fsp3) is 0.458. The van der Waals surface area contributed by atoms with Gasteiger partial charge in [-0.25, -0.2) is 0 Å². The standard InChI is InChI=1S/C24H32ClN3O2S/c1-3-29-22-10-7-19(17-23(22)30-4-2)11-12-26-24(31)28-15-13-27(14-16-28)18-20-5-8-21(25)9-6-20/h5-10,17H,3-4,11-16,18H2,1-2H3,(H,26,31). The molecular formula is C24H32ClN3O2S. The highest BCUT2D eigenvalue weighted by molar-refractivity contribution is 7.80. The summed E-state index contributed by atoms with van der Waals surface area (Å²) in [4.78, 5) is 4.72. The van der Waals surface area contributed by atoms with E-state index < -0.39 is 0 Å². The Hall–Kier alpha value is -2.02. The van der Waals surface area contributed by atoms with Crippen LogP contribution >= 0.6 is 23.8 Å². The zero-order valence-electron chi connectivity index (χ0n) is 18.4. The van der Waals surface area contributed by atoms with Gasteiger partial charge in [-0.05, 0) is 67.9 Å². The lowest BCUT2D eigenvalue weighted by atomic mass is 10.1. The minimum absolute atomic E-state index is 0.621. The van der Waals surface area contributed by atoms with Crippen LogP contribution in [-0.2, 0) is 13.0 Å². The lowest BCUT2D eigenvalue weighted by molar-refractivity contribution is 0.174. The smallest absolute Gasteiger partial charge is 0.169 e. The molecule has 3 rings (SSSR count). The molecule has 0 bridgehead atoms. The van der Waals surface area contributed by atoms with Crippen molar-refractivity contribution in [2.45, 2.75) is 26.8 Å². The zero-order valence-corrected chi connectivity index (χ0v) is 20.0. The minimum atomic E-state index is 0.621. The van der Waals surface area contributed by atoms with Crippen molar-refractivity contribution in [1.82, 2.24) is 15.1 Å². The Labute approximate surface area is 196 Å². The molecule has 5 nitrogen and oxygen atoms in total. The minimum Gasteiger partial charge on any atom is -0.490 e. The van der Waals surface area contributed by atoms with Crippen molar-refractivity contribution in [2.75, 3.05) is 45.9 Å². The van der Waals surface area contributed by atoms with Gasteiger partial charge in [-0.1, -0.05) is 29.8 Å². The average molecular weight is 462 g/mol. The van der Waals surface area contributed by atoms with Crippen molar-refractivity contribution in [2.24, 2.45) is 0 Å². The van der Waals surface area contributed by atoms with Gasteiger partial charge < -0.3 is 19.7 Å². The number of piperazine rings is 1. The summed E-state index contributed by atoms with van der Waals surface area (Å²) in [6, 6.07) is 14.2. The molecule has 1 N–H and O–H groups in total. The van der Waals surface area contributed by atoms with Crippen molar-refractivity contribution in [3.8, 4) is 11.5 Å². The summed E-state index contributed by atoms with van der Waals surface area (Å²) >= 11 is 11.6. The molecule has 0 aliphatic carbocycles. The molecule has 1 aliphatic rings. The van der Waals surface area contributed by atoms with Crippen molar-refractivity contribution in [3.05, 3.63) is 58.6 Å². The van der Waals surface area contributed by atoms with Crippen LogP contribution in [0.3, 0.4) is 0 Å². The summed E-state index contributed by atoms with van der Waals surface area (Å²) in [6.45, 7) is 10.8. The molecule has 1 saturated heterocycles. The Morgan fingerprint density at radius 2 is 1.58 bits per heavy atom. The quantitative estimate of drug-likeness (QED) is 0.559. The topological polar surface area (TPSA) is 37.0 Å². The second kappa shape index (κ2) is 12.1. The van der Waals surface area contributed by atoms with E-state index in [1.807, 2.05) is 32.0 Å². The van der Waals surface area contributed by atoms with Gasteiger partial charge in [0, 0.05) is 44.3 Å². The van der Waals surface area contributed by atoms with Gasteiger partial charge in [-0.2, -0.15) is 0 Å². The van der Waals surface area contributed by atoms with Gasteiger partial charge in [0.25, 0.3) is 0 Å². The molecule has 1 aliphatic heterocycles. The third-order valence-electron chi connectivity index (χ3n) is 5.28. The molecule has 0 spiro atoms. The van der Waals surface area contributed by atoms with Crippen LogP contribution in [0.5, 0.6) is 11.5 Å². The van der Waals surface area contributed by atoms with Crippen molar-refractivity contribution in [1.29, 1.82) is 0 Å². The summed E-state index contributed by atoms with van der Waals surface area (Å²) in [6.07, 6.45) is 0.878. The molecule has 7 heteroatoms. The summed E-state index contributed by atoms with van der Waals surface area (Å²) in [7, 11) is 0. The molecule has 0 saturated carbocycles. The van der Waals surface area contributed by atoms with E-state index in [9.17, 15) is 0 Å². The van der Waals surface area contributed by atoms with Gasteiger partial charge in [0.15, 0.2) is 16.6 Å². The summed E-state index contributed by atoms with van der Waals surface area (Å²) < 4.78 is 11.4. The SMILES string of the molecule is CCOc1ccc(CCNC(=S)N2CCN(Cc3ccc(Cl)cc3)CC2)cc1OCC. The fourth-order valence-electron chi connectivity index (χ4n) is 3.63. The highest BCUT2D eigenvalue weighted by Crippen LogP contribution is 2.28. The molecule has 0 aromatic heterocycles. The molecule has 0 radical (unpaired) electrons. The molecular weight excluding hydrogens is 430 g/mol. The van der Waals surface area contributed by atoms with E-state index in [1.54, 1.807) is 0 Å². The Morgan fingerprint density at radius 1 is 0.935 bits per heavy atom. The van der Waals surface area contributed by atoms with E-state index in [1.165, 1.54) is 11.1 Å². The summed E-state index contributed by atoms with van der Waals surface area (Å²) in [5, 5.41) is 5.03. The van der Waals surface area contributed by atoms with E-state index >= 15 is 0 Å². The maximum Gasteiger partial charge on any atom is 0.169 e. The largest absolute Gasteiger partial charge is 0.490 e. The maximum absolute atomic E-state index is 5.98. The molecule has 168 valence electrons. The predicted molar refractivity (Wildman–Crippen MR) is 131 cm³/mol. The van der Waals surface area contributed by atoms with Crippen LogP contribution < -0.4 is 14.8 Å². The second-order valence-corrected chi connectivity index (χ2v) is 8.34. The number of rotatable bonds is 9. The van der Waals surface area contributed by atoms with Crippen LogP contribution in [-0.4, -0.2) is 60.8 Å². The van der Waals surface area contributed by atoms with Gasteiger partial charge >= 0.3 is 0 Å². The van der Waals surface area contributed by atoms with Crippen LogP contribution in [0.25, 0.3) is 0 Å². The molecule has 0 unspecified atom stereocenters. The number of ether oxygens (including phenoxy) is 2. The highest BCUT2D eigenvalue weighted by atomic mass is 35.5. The van der Waals surface area contributed by atoms with E-state index in [0.29, 0.717) is 13.2 Å². The first-order chi connectivity index (χ1) is 15.1. The second-order valence-electron chi connectivity index (χ2n) is 7.52. The summed E-state index contributed by atoms with van der Waals surface area (Å²) in [5.41, 5.74) is 2.50. The van der Waals surface area contributed by atoms with E-state index in [4.69, 9.17) is 33.3 Å². The number of halogens is 1. The normalized spacial score (nSPS) is 14.4. The predicted octanol–water partition coefficient (Wildman–Crippen LogP) is 4.37. The number of nitrogens with one attached hydrogen (secondary N) is 1. The Kier molecular flexibility index (Phi) is 9.25. The number of thiocarbonyl (C=S) groups is 1. The summed E-state index contributed by atoms with van der Waals surface area (Å²) in [5.74, 6) is 1.61. The monoisotopic (exact) mass is 461 g/mol. The zero-order chi connectivity index (χ0) is 22.1. The van der Waals surface area contributed by atoms with E-state index in [-0.39, 0.29) is 0 Å². The molecule has 0 atom stereocenters. The van der Waals surface area contributed by atoms with Gasteiger partial charge in [0.1, 0.15) is 0 Å². The number of hydrogen-bond acceptors (Lipinski definition) is 4. The number of hydrogen-bond donors (Lipinski definition) is 1. The third-order valence-corrected chi connectivity index (χ3v) is 5.93. The van der Waals surface area contributed by atoms with Crippen LogP contribution in [0.4, 0.5) is 0 Å². The molecule has 2 aromatic rings. The number of benzene rings is 2.